The van der Waals surface area contributed by atoms with Crippen molar-refractivity contribution in [2.24, 2.45) is 0 Å². The lowest BCUT2D eigenvalue weighted by atomic mass is 9.95. The van der Waals surface area contributed by atoms with Gasteiger partial charge in [0, 0.05) is 17.6 Å². The third-order valence-corrected chi connectivity index (χ3v) is 10.3. The van der Waals surface area contributed by atoms with E-state index in [9.17, 15) is 18.0 Å². The van der Waals surface area contributed by atoms with Crippen molar-refractivity contribution in [2.75, 3.05) is 10.8 Å². The molecule has 9 heteroatoms. The summed E-state index contributed by atoms with van der Waals surface area (Å²) < 4.78 is 29.2. The third-order valence-electron chi connectivity index (χ3n) is 8.10. The molecule has 1 saturated carbocycles. The van der Waals surface area contributed by atoms with Gasteiger partial charge in [-0.3, -0.25) is 13.9 Å². The van der Waals surface area contributed by atoms with Crippen molar-refractivity contribution in [3.63, 3.8) is 0 Å². The Bertz CT molecular complexity index is 1540. The molecule has 1 aliphatic rings. The molecule has 0 radical (unpaired) electrons. The standard InChI is InChI=1S/C34H42ClN3O4S/c1-5-32(34(40)36-28-12-7-6-8-13-28)37(22-27-11-9-10-25(3)20-27)33(39)23-38(29-17-16-26(4)31(35)21-29)43(41,42)30-18-14-24(2)15-19-30/h9-11,14-21,28,32H,5-8,12-13,22-23H2,1-4H3,(H,36,40)/t32-/m0/s1. The number of nitrogens with one attached hydrogen (secondary N) is 1. The van der Waals surface area contributed by atoms with Gasteiger partial charge in [-0.2, -0.15) is 0 Å². The Balaban J connectivity index is 1.72. The minimum atomic E-state index is -4.16. The van der Waals surface area contributed by atoms with E-state index in [1.807, 2.05) is 52.0 Å². The van der Waals surface area contributed by atoms with Crippen LogP contribution in [0.2, 0.25) is 5.02 Å². The molecule has 0 saturated heterocycles. The molecule has 0 unspecified atom stereocenters. The number of benzene rings is 3. The van der Waals surface area contributed by atoms with Gasteiger partial charge >= 0.3 is 0 Å². The van der Waals surface area contributed by atoms with E-state index < -0.39 is 28.5 Å². The van der Waals surface area contributed by atoms with Gasteiger partial charge < -0.3 is 10.2 Å². The van der Waals surface area contributed by atoms with E-state index in [-0.39, 0.29) is 29.1 Å². The molecule has 7 nitrogen and oxygen atoms in total. The smallest absolute Gasteiger partial charge is 0.264 e. The molecule has 0 heterocycles. The molecule has 0 aliphatic heterocycles. The lowest BCUT2D eigenvalue weighted by molar-refractivity contribution is -0.140. The molecule has 230 valence electrons. The normalized spacial score (nSPS) is 14.6. The second-order valence-electron chi connectivity index (χ2n) is 11.5. The molecule has 0 aromatic heterocycles. The maximum absolute atomic E-state index is 14.3. The van der Waals surface area contributed by atoms with Crippen LogP contribution >= 0.6 is 11.6 Å². The van der Waals surface area contributed by atoms with Gasteiger partial charge in [-0.05, 0) is 75.4 Å². The molecule has 3 aromatic carbocycles. The van der Waals surface area contributed by atoms with E-state index in [1.54, 1.807) is 30.3 Å². The van der Waals surface area contributed by atoms with Gasteiger partial charge in [-0.1, -0.05) is 91.4 Å². The van der Waals surface area contributed by atoms with Crippen LogP contribution in [0.1, 0.15) is 67.7 Å². The molecule has 1 aliphatic carbocycles. The van der Waals surface area contributed by atoms with Gasteiger partial charge in [0.05, 0.1) is 10.6 Å². The fourth-order valence-corrected chi connectivity index (χ4v) is 7.15. The molecule has 1 N–H and O–H groups in total. The number of halogens is 1. The van der Waals surface area contributed by atoms with E-state index >= 15 is 0 Å². The molecule has 4 rings (SSSR count). The van der Waals surface area contributed by atoms with Crippen LogP contribution in [0.25, 0.3) is 0 Å². The van der Waals surface area contributed by atoms with Crippen molar-refractivity contribution in [3.8, 4) is 0 Å². The highest BCUT2D eigenvalue weighted by atomic mass is 35.5. The van der Waals surface area contributed by atoms with Gasteiger partial charge in [0.15, 0.2) is 0 Å². The maximum Gasteiger partial charge on any atom is 0.264 e. The Kier molecular flexibility index (Phi) is 10.9. The number of amides is 2. The number of hydrogen-bond acceptors (Lipinski definition) is 4. The summed E-state index contributed by atoms with van der Waals surface area (Å²) in [5.41, 5.74) is 3.88. The third kappa shape index (κ3) is 8.18. The number of hydrogen-bond donors (Lipinski definition) is 1. The molecule has 0 bridgehead atoms. The maximum atomic E-state index is 14.3. The summed E-state index contributed by atoms with van der Waals surface area (Å²) in [4.78, 5) is 29.6. The highest BCUT2D eigenvalue weighted by molar-refractivity contribution is 7.92. The predicted octanol–water partition coefficient (Wildman–Crippen LogP) is 6.72. The van der Waals surface area contributed by atoms with Crippen LogP contribution in [-0.4, -0.2) is 43.8 Å². The molecular formula is C34H42ClN3O4S. The van der Waals surface area contributed by atoms with E-state index in [0.717, 1.165) is 58.7 Å². The van der Waals surface area contributed by atoms with Crippen molar-refractivity contribution >= 4 is 39.1 Å². The number of sulfonamides is 1. The number of carbonyl (C=O) groups excluding carboxylic acids is 2. The largest absolute Gasteiger partial charge is 0.352 e. The van der Waals surface area contributed by atoms with Crippen molar-refractivity contribution < 1.29 is 18.0 Å². The quantitative estimate of drug-likeness (QED) is 0.257. The summed E-state index contributed by atoms with van der Waals surface area (Å²) in [6.07, 6.45) is 5.53. The molecule has 43 heavy (non-hydrogen) atoms. The van der Waals surface area contributed by atoms with Crippen LogP contribution in [0, 0.1) is 20.8 Å². The fourth-order valence-electron chi connectivity index (χ4n) is 5.57. The van der Waals surface area contributed by atoms with Crippen LogP contribution in [-0.2, 0) is 26.2 Å². The molecule has 1 atom stereocenters. The Morgan fingerprint density at radius 3 is 2.26 bits per heavy atom. The minimum Gasteiger partial charge on any atom is -0.352 e. The summed E-state index contributed by atoms with van der Waals surface area (Å²) in [5.74, 6) is -0.679. The van der Waals surface area contributed by atoms with Gasteiger partial charge in [0.25, 0.3) is 10.0 Å². The molecule has 1 fully saturated rings. The Morgan fingerprint density at radius 1 is 0.930 bits per heavy atom. The number of aryl methyl sites for hydroxylation is 3. The van der Waals surface area contributed by atoms with Crippen LogP contribution in [0.15, 0.2) is 71.6 Å². The first-order chi connectivity index (χ1) is 20.5. The molecule has 2 amide bonds. The summed E-state index contributed by atoms with van der Waals surface area (Å²) in [6.45, 7) is 7.24. The number of rotatable bonds is 11. The van der Waals surface area contributed by atoms with Gasteiger partial charge in [-0.15, -0.1) is 0 Å². The van der Waals surface area contributed by atoms with Gasteiger partial charge in [0.1, 0.15) is 12.6 Å². The van der Waals surface area contributed by atoms with Crippen molar-refractivity contribution in [1.29, 1.82) is 0 Å². The summed E-state index contributed by atoms with van der Waals surface area (Å²) in [5, 5.41) is 3.57. The highest BCUT2D eigenvalue weighted by Crippen LogP contribution is 2.29. The van der Waals surface area contributed by atoms with E-state index in [1.165, 1.54) is 17.0 Å². The monoisotopic (exact) mass is 623 g/mol. The predicted molar refractivity (Wildman–Crippen MR) is 173 cm³/mol. The number of nitrogens with zero attached hydrogens (tertiary/aromatic N) is 2. The summed E-state index contributed by atoms with van der Waals surface area (Å²) in [6, 6.07) is 18.6. The lowest BCUT2D eigenvalue weighted by Crippen LogP contribution is -2.54. The summed E-state index contributed by atoms with van der Waals surface area (Å²) in [7, 11) is -4.16. The first-order valence-corrected chi connectivity index (χ1v) is 16.8. The average molecular weight is 624 g/mol. The van der Waals surface area contributed by atoms with E-state index in [4.69, 9.17) is 11.6 Å². The van der Waals surface area contributed by atoms with Crippen molar-refractivity contribution in [2.45, 2.75) is 89.7 Å². The van der Waals surface area contributed by atoms with E-state index in [2.05, 4.69) is 5.32 Å². The van der Waals surface area contributed by atoms with Crippen LogP contribution in [0.3, 0.4) is 0 Å². The Labute approximate surface area is 261 Å². The van der Waals surface area contributed by atoms with E-state index in [0.29, 0.717) is 11.4 Å². The molecule has 3 aromatic rings. The topological polar surface area (TPSA) is 86.8 Å². The number of carbonyl (C=O) groups is 2. The van der Waals surface area contributed by atoms with Crippen molar-refractivity contribution in [1.82, 2.24) is 10.2 Å². The second kappa shape index (κ2) is 14.4. The average Bonchev–Trinajstić information content (AvgIpc) is 2.98. The highest BCUT2D eigenvalue weighted by Gasteiger charge is 2.34. The lowest BCUT2D eigenvalue weighted by Gasteiger charge is -2.34. The minimum absolute atomic E-state index is 0.0647. The zero-order valence-electron chi connectivity index (χ0n) is 25.5. The Morgan fingerprint density at radius 2 is 1.63 bits per heavy atom. The first kappa shape index (κ1) is 32.6. The van der Waals surface area contributed by atoms with Gasteiger partial charge in [0.2, 0.25) is 11.8 Å². The zero-order valence-corrected chi connectivity index (χ0v) is 27.0. The second-order valence-corrected chi connectivity index (χ2v) is 13.8. The Hall–Kier alpha value is -3.36. The summed E-state index contributed by atoms with van der Waals surface area (Å²) >= 11 is 6.43. The zero-order chi connectivity index (χ0) is 31.1. The van der Waals surface area contributed by atoms with Crippen LogP contribution in [0.4, 0.5) is 5.69 Å². The van der Waals surface area contributed by atoms with Gasteiger partial charge in [-0.25, -0.2) is 8.42 Å². The van der Waals surface area contributed by atoms with Crippen molar-refractivity contribution in [3.05, 3.63) is 94.0 Å². The molecular weight excluding hydrogens is 582 g/mol. The number of anilines is 1. The van der Waals surface area contributed by atoms with Crippen LogP contribution in [0.5, 0.6) is 0 Å². The SMILES string of the molecule is CC[C@@H](C(=O)NC1CCCCC1)N(Cc1cccc(C)c1)C(=O)CN(c1ccc(C)c(Cl)c1)S(=O)(=O)c1ccc(C)cc1. The molecule has 0 spiro atoms. The van der Waals surface area contributed by atoms with Crippen LogP contribution < -0.4 is 9.62 Å². The fraction of sp³-hybridized carbons (Fsp3) is 0.412. The first-order valence-electron chi connectivity index (χ1n) is 15.0.